The molecule has 0 bridgehead atoms. The molecule has 41 heavy (non-hydrogen) atoms. The number of rotatable bonds is 9. The van der Waals surface area contributed by atoms with Crippen LogP contribution in [0.15, 0.2) is 24.4 Å². The Morgan fingerprint density at radius 3 is 2.61 bits per heavy atom. The zero-order chi connectivity index (χ0) is 29.9. The molecule has 2 aliphatic heterocycles. The van der Waals surface area contributed by atoms with E-state index in [1.165, 1.54) is 6.07 Å². The summed E-state index contributed by atoms with van der Waals surface area (Å²) < 4.78 is 54.2. The number of hydrogen-bond acceptors (Lipinski definition) is 8. The Morgan fingerprint density at radius 2 is 1.95 bits per heavy atom. The normalized spacial score (nSPS) is 18.9. The van der Waals surface area contributed by atoms with Crippen molar-refractivity contribution in [2.45, 2.75) is 52.3 Å². The third kappa shape index (κ3) is 7.61. The maximum Gasteiger partial charge on any atom is 0.406 e. The summed E-state index contributed by atoms with van der Waals surface area (Å²) in [6, 6.07) is 3.47. The summed E-state index contributed by atoms with van der Waals surface area (Å²) in [5.74, 6) is -3.12. The molecule has 2 aliphatic rings. The topological polar surface area (TPSA) is 135 Å². The van der Waals surface area contributed by atoms with E-state index in [4.69, 9.17) is 9.47 Å². The van der Waals surface area contributed by atoms with Crippen LogP contribution in [0.2, 0.25) is 0 Å². The number of aliphatic carboxylic acids is 1. The molecule has 0 saturated heterocycles. The van der Waals surface area contributed by atoms with Gasteiger partial charge in [0.1, 0.15) is 18.9 Å². The molecule has 0 saturated carbocycles. The van der Waals surface area contributed by atoms with Crippen molar-refractivity contribution >= 4 is 23.8 Å². The summed E-state index contributed by atoms with van der Waals surface area (Å²) in [6.45, 7) is 4.36. The number of hydrogen-bond donors (Lipinski definition) is 3. The molecule has 4 rings (SSSR count). The van der Waals surface area contributed by atoms with Gasteiger partial charge in [-0.3, -0.25) is 14.4 Å². The molecule has 2 aromatic rings. The number of ether oxygens (including phenoxy) is 2. The molecule has 0 spiro atoms. The zero-order valence-electron chi connectivity index (χ0n) is 23.1. The summed E-state index contributed by atoms with van der Waals surface area (Å²) >= 11 is 0. The predicted octanol–water partition coefficient (Wildman–Crippen LogP) is 3.14. The lowest BCUT2D eigenvalue weighted by Crippen LogP contribution is -2.45. The molecule has 1 aromatic carbocycles. The number of esters is 1. The molecule has 14 heteroatoms. The fraction of sp³-hybridized carbons (Fsp3) is 0.556. The molecule has 3 heterocycles. The van der Waals surface area contributed by atoms with Crippen LogP contribution in [0.4, 0.5) is 19.1 Å². The van der Waals surface area contributed by atoms with Crippen molar-refractivity contribution in [3.8, 4) is 5.75 Å². The van der Waals surface area contributed by atoms with Crippen LogP contribution in [-0.2, 0) is 32.0 Å². The van der Waals surface area contributed by atoms with Crippen molar-refractivity contribution in [2.24, 2.45) is 11.3 Å². The third-order valence-corrected chi connectivity index (χ3v) is 6.78. The molecule has 1 amide bonds. The van der Waals surface area contributed by atoms with Gasteiger partial charge in [-0.15, -0.1) is 0 Å². The largest absolute Gasteiger partial charge is 0.493 e. The van der Waals surface area contributed by atoms with E-state index in [2.05, 4.69) is 15.7 Å². The van der Waals surface area contributed by atoms with E-state index < -0.39 is 61.0 Å². The highest BCUT2D eigenvalue weighted by Crippen LogP contribution is 2.37. The average Bonchev–Trinajstić information content (AvgIpc) is 3.25. The quantitative estimate of drug-likeness (QED) is 0.382. The number of halogens is 3. The maximum absolute atomic E-state index is 13.7. The molecule has 224 valence electrons. The zero-order valence-corrected chi connectivity index (χ0v) is 23.1. The Kier molecular flexibility index (Phi) is 8.69. The molecule has 0 aliphatic carbocycles. The number of carboxylic acids is 1. The Morgan fingerprint density at radius 1 is 1.20 bits per heavy atom. The number of carboxylic acid groups (broad SMARTS) is 1. The second-order valence-corrected chi connectivity index (χ2v) is 11.2. The van der Waals surface area contributed by atoms with E-state index in [1.807, 2.05) is 6.20 Å². The van der Waals surface area contributed by atoms with Crippen molar-refractivity contribution in [1.82, 2.24) is 14.6 Å². The number of benzene rings is 1. The van der Waals surface area contributed by atoms with Gasteiger partial charge in [0.15, 0.2) is 0 Å². The second-order valence-electron chi connectivity index (χ2n) is 11.2. The Balaban J connectivity index is 1.62. The highest BCUT2D eigenvalue weighted by Gasteiger charge is 2.43. The number of amides is 1. The standard InChI is InChI=1S/C27H34F3N5O6/c1-26(2,3)24(39)41-14-21-20-12-19(40-9-6-18-13-35-25(33-18)31-7-8-32-35)5-4-16(20)10-17(11-22(36)37)23(38)34(21)15-27(28,29)30/h4-5,12-13,17,21,32H,6-11,14-15H2,1-3H3,(H,31,33)(H,36,37). The summed E-state index contributed by atoms with van der Waals surface area (Å²) in [5.41, 5.74) is 3.80. The molecule has 2 unspecified atom stereocenters. The Bertz CT molecular complexity index is 1270. The Hall–Kier alpha value is -3.97. The lowest BCUT2D eigenvalue weighted by atomic mass is 9.93. The third-order valence-electron chi connectivity index (χ3n) is 6.78. The van der Waals surface area contributed by atoms with Crippen LogP contribution >= 0.6 is 0 Å². The molecule has 0 radical (unpaired) electrons. The number of fused-ring (bicyclic) bond motifs is 2. The van der Waals surface area contributed by atoms with E-state index in [0.717, 1.165) is 18.8 Å². The summed E-state index contributed by atoms with van der Waals surface area (Å²) in [6.07, 6.45) is -3.21. The summed E-state index contributed by atoms with van der Waals surface area (Å²) in [5, 5.41) is 12.5. The predicted molar refractivity (Wildman–Crippen MR) is 141 cm³/mol. The number of anilines is 1. The number of carbonyl (C=O) groups is 3. The van der Waals surface area contributed by atoms with Gasteiger partial charge < -0.3 is 30.2 Å². The highest BCUT2D eigenvalue weighted by molar-refractivity contribution is 5.85. The molecule has 1 aromatic heterocycles. The van der Waals surface area contributed by atoms with E-state index in [1.54, 1.807) is 37.6 Å². The van der Waals surface area contributed by atoms with Crippen molar-refractivity contribution in [3.05, 3.63) is 41.2 Å². The van der Waals surface area contributed by atoms with Gasteiger partial charge in [-0.1, -0.05) is 6.07 Å². The first-order valence-electron chi connectivity index (χ1n) is 13.3. The smallest absolute Gasteiger partial charge is 0.406 e. The van der Waals surface area contributed by atoms with Gasteiger partial charge in [0.05, 0.1) is 42.3 Å². The van der Waals surface area contributed by atoms with Crippen LogP contribution in [0.25, 0.3) is 0 Å². The molecular formula is C27H34F3N5O6. The number of aromatic nitrogens is 2. The van der Waals surface area contributed by atoms with Crippen LogP contribution in [0, 0.1) is 11.3 Å². The van der Waals surface area contributed by atoms with Crippen LogP contribution in [0.3, 0.4) is 0 Å². The SMILES string of the molecule is CC(C)(C)C(=O)OCC1c2cc(OCCc3cn4c(n3)NCCN4)ccc2CC(CC(=O)O)C(=O)N1CC(F)(F)F. The highest BCUT2D eigenvalue weighted by atomic mass is 19.4. The van der Waals surface area contributed by atoms with Crippen molar-refractivity contribution in [2.75, 3.05) is 43.6 Å². The average molecular weight is 582 g/mol. The Labute approximate surface area is 235 Å². The van der Waals surface area contributed by atoms with Crippen molar-refractivity contribution in [3.63, 3.8) is 0 Å². The van der Waals surface area contributed by atoms with Crippen LogP contribution in [-0.4, -0.2) is 76.5 Å². The number of nitrogens with zero attached hydrogens (tertiary/aromatic N) is 3. The molecule has 2 atom stereocenters. The van der Waals surface area contributed by atoms with Gasteiger partial charge in [-0.25, -0.2) is 9.66 Å². The minimum atomic E-state index is -4.78. The fourth-order valence-corrected chi connectivity index (χ4v) is 4.79. The first-order chi connectivity index (χ1) is 19.2. The first-order valence-corrected chi connectivity index (χ1v) is 13.3. The summed E-state index contributed by atoms with van der Waals surface area (Å²) in [7, 11) is 0. The van der Waals surface area contributed by atoms with Crippen LogP contribution in [0.1, 0.15) is 50.1 Å². The van der Waals surface area contributed by atoms with Crippen molar-refractivity contribution < 1.29 is 42.1 Å². The molecular weight excluding hydrogens is 547 g/mol. The van der Waals surface area contributed by atoms with E-state index in [9.17, 15) is 32.7 Å². The molecule has 3 N–H and O–H groups in total. The minimum absolute atomic E-state index is 0.0843. The minimum Gasteiger partial charge on any atom is -0.493 e. The van der Waals surface area contributed by atoms with Crippen LogP contribution < -0.4 is 15.5 Å². The number of nitrogens with one attached hydrogen (secondary N) is 2. The van der Waals surface area contributed by atoms with Gasteiger partial charge in [-0.05, 0) is 50.5 Å². The fourth-order valence-electron chi connectivity index (χ4n) is 4.79. The molecule has 0 fully saturated rings. The maximum atomic E-state index is 13.7. The van der Waals surface area contributed by atoms with Gasteiger partial charge in [0.2, 0.25) is 11.9 Å². The van der Waals surface area contributed by atoms with Crippen molar-refractivity contribution in [1.29, 1.82) is 0 Å². The van der Waals surface area contributed by atoms with Crippen LogP contribution in [0.5, 0.6) is 5.75 Å². The monoisotopic (exact) mass is 581 g/mol. The van der Waals surface area contributed by atoms with Gasteiger partial charge in [0, 0.05) is 19.5 Å². The summed E-state index contributed by atoms with van der Waals surface area (Å²) in [4.78, 5) is 42.4. The van der Waals surface area contributed by atoms with Gasteiger partial charge in [0.25, 0.3) is 0 Å². The number of carbonyl (C=O) groups excluding carboxylic acids is 2. The molecule has 11 nitrogen and oxygen atoms in total. The van der Waals surface area contributed by atoms with Gasteiger partial charge >= 0.3 is 18.1 Å². The van der Waals surface area contributed by atoms with E-state index in [0.29, 0.717) is 34.1 Å². The van der Waals surface area contributed by atoms with E-state index in [-0.39, 0.29) is 13.0 Å². The number of imidazole rings is 1. The first kappa shape index (κ1) is 30.0. The lowest BCUT2D eigenvalue weighted by Gasteiger charge is -2.33. The van der Waals surface area contributed by atoms with E-state index >= 15 is 0 Å². The second kappa shape index (κ2) is 11.9. The lowest BCUT2D eigenvalue weighted by molar-refractivity contribution is -0.174. The number of alkyl halides is 3. The van der Waals surface area contributed by atoms with Gasteiger partial charge in [-0.2, -0.15) is 13.2 Å².